The molecular weight excluding hydrogens is 465 g/mol. The second-order valence-electron chi connectivity index (χ2n) is 5.14. The first-order valence-electron chi connectivity index (χ1n) is 6.90. The first-order valence-corrected chi connectivity index (χ1v) is 9.24. The van der Waals surface area contributed by atoms with Gasteiger partial charge < -0.3 is 10.6 Å². The molecule has 0 unspecified atom stereocenters. The van der Waals surface area contributed by atoms with Gasteiger partial charge in [0.1, 0.15) is 5.82 Å². The number of rotatable bonds is 6. The second kappa shape index (κ2) is 7.52. The lowest BCUT2D eigenvalue weighted by Crippen LogP contribution is -2.42. The molecule has 0 aliphatic carbocycles. The van der Waals surface area contributed by atoms with Gasteiger partial charge in [-0.25, -0.2) is 18.5 Å². The Morgan fingerprint density at radius 3 is 2.22 bits per heavy atom. The van der Waals surface area contributed by atoms with Gasteiger partial charge in [-0.3, -0.25) is 0 Å². The Labute approximate surface area is 158 Å². The Kier molecular flexibility index (Phi) is 5.91. The normalized spacial score (nSPS) is 12.7. The van der Waals surface area contributed by atoms with Crippen molar-refractivity contribution in [2.24, 2.45) is 5.14 Å². The van der Waals surface area contributed by atoms with Crippen molar-refractivity contribution in [2.45, 2.75) is 17.0 Å². The van der Waals surface area contributed by atoms with E-state index in [-0.39, 0.29) is 21.1 Å². The van der Waals surface area contributed by atoms with Gasteiger partial charge in [0.05, 0.1) is 15.9 Å². The highest BCUT2D eigenvalue weighted by Crippen LogP contribution is 2.35. The lowest BCUT2D eigenvalue weighted by atomic mass is 10.3. The van der Waals surface area contributed by atoms with Crippen LogP contribution in [0.2, 0.25) is 0 Å². The maximum atomic E-state index is 13.0. The van der Waals surface area contributed by atoms with Crippen LogP contribution in [0.1, 0.15) is 0 Å². The van der Waals surface area contributed by atoms with E-state index >= 15 is 0 Å². The Morgan fingerprint density at radius 2 is 1.70 bits per heavy atom. The smallest absolute Gasteiger partial charge is 0.363 e. The largest absolute Gasteiger partial charge is 0.455 e. The van der Waals surface area contributed by atoms with E-state index in [9.17, 15) is 30.4 Å². The summed E-state index contributed by atoms with van der Waals surface area (Å²) in [6, 6.07) is 5.10. The minimum atomic E-state index is -5.70. The van der Waals surface area contributed by atoms with Crippen molar-refractivity contribution in [3.63, 3.8) is 0 Å². The summed E-state index contributed by atoms with van der Waals surface area (Å²) in [5, 5.41) is 9.53. The first-order chi connectivity index (χ1) is 12.3. The van der Waals surface area contributed by atoms with Crippen molar-refractivity contribution in [3.05, 3.63) is 34.9 Å². The number of sulfonamides is 1. The van der Waals surface area contributed by atoms with Crippen molar-refractivity contribution >= 4 is 43.4 Å². The van der Waals surface area contributed by atoms with Crippen LogP contribution in [0.5, 0.6) is 0 Å². The van der Waals surface area contributed by atoms with E-state index in [1.54, 1.807) is 0 Å². The molecule has 0 bridgehead atoms. The molecule has 2 rings (SSSR count). The third kappa shape index (κ3) is 5.46. The number of halogens is 6. The summed E-state index contributed by atoms with van der Waals surface area (Å²) in [6.07, 6.45) is -4.56. The Hall–Kier alpha value is -2.06. The van der Waals surface area contributed by atoms with Gasteiger partial charge >= 0.3 is 12.1 Å². The van der Waals surface area contributed by atoms with Crippen molar-refractivity contribution < 1.29 is 30.4 Å². The van der Waals surface area contributed by atoms with Crippen LogP contribution in [0.4, 0.5) is 39.4 Å². The number of nitrogens with one attached hydrogen (secondary N) is 2. The van der Waals surface area contributed by atoms with Crippen LogP contribution in [0.15, 0.2) is 39.8 Å². The van der Waals surface area contributed by atoms with Gasteiger partial charge in [0.2, 0.25) is 16.0 Å². The molecule has 7 nitrogen and oxygen atoms in total. The summed E-state index contributed by atoms with van der Waals surface area (Å²) in [4.78, 5) is 7.50. The molecule has 0 saturated heterocycles. The lowest BCUT2D eigenvalue weighted by molar-refractivity contribution is -0.275. The molecule has 1 aromatic carbocycles. The topological polar surface area (TPSA) is 110 Å². The average molecular weight is 476 g/mol. The molecule has 0 atom stereocenters. The summed E-state index contributed by atoms with van der Waals surface area (Å²) < 4.78 is 85.1. The Morgan fingerprint density at radius 1 is 1.11 bits per heavy atom. The quantitative estimate of drug-likeness (QED) is 0.553. The fourth-order valence-corrected chi connectivity index (χ4v) is 2.55. The van der Waals surface area contributed by atoms with E-state index < -0.39 is 28.7 Å². The number of hydrogen-bond acceptors (Lipinski definition) is 6. The number of nitrogens with two attached hydrogens (primary N) is 1. The van der Waals surface area contributed by atoms with Gasteiger partial charge in [-0.05, 0) is 40.2 Å². The van der Waals surface area contributed by atoms with Crippen molar-refractivity contribution in [2.75, 3.05) is 17.2 Å². The number of primary sulfonamides is 1. The van der Waals surface area contributed by atoms with Gasteiger partial charge in [0, 0.05) is 11.9 Å². The number of anilines is 3. The van der Waals surface area contributed by atoms with Crippen LogP contribution >= 0.6 is 15.9 Å². The number of hydrogen-bond donors (Lipinski definition) is 3. The van der Waals surface area contributed by atoms with E-state index in [0.717, 1.165) is 6.20 Å². The Bertz CT molecular complexity index is 922. The third-order valence-corrected chi connectivity index (χ3v) is 4.59. The fraction of sp³-hybridized carbons (Fsp3) is 0.231. The van der Waals surface area contributed by atoms with Crippen LogP contribution in [0.3, 0.4) is 0 Å². The molecule has 0 spiro atoms. The molecule has 4 N–H and O–H groups in total. The van der Waals surface area contributed by atoms with Crippen molar-refractivity contribution in [1.29, 1.82) is 0 Å². The van der Waals surface area contributed by atoms with E-state index in [0.29, 0.717) is 5.69 Å². The second-order valence-corrected chi connectivity index (χ2v) is 7.56. The molecule has 27 heavy (non-hydrogen) atoms. The highest BCUT2D eigenvalue weighted by atomic mass is 79.9. The van der Waals surface area contributed by atoms with Gasteiger partial charge in [0.25, 0.3) is 0 Å². The highest BCUT2D eigenvalue weighted by Gasteiger charge is 2.57. The van der Waals surface area contributed by atoms with Crippen LogP contribution in [-0.4, -0.2) is 37.0 Å². The monoisotopic (exact) mass is 475 g/mol. The van der Waals surface area contributed by atoms with Crippen molar-refractivity contribution in [1.82, 2.24) is 9.97 Å². The minimum Gasteiger partial charge on any atom is -0.363 e. The third-order valence-electron chi connectivity index (χ3n) is 3.08. The predicted octanol–water partition coefficient (Wildman–Crippen LogP) is 3.24. The molecular formula is C13H11BrF5N5O2S. The van der Waals surface area contributed by atoms with Gasteiger partial charge in [-0.1, -0.05) is 0 Å². The zero-order chi connectivity index (χ0) is 20.5. The summed E-state index contributed by atoms with van der Waals surface area (Å²) in [5.74, 6) is -5.37. The van der Waals surface area contributed by atoms with E-state index in [4.69, 9.17) is 5.14 Å². The molecule has 0 aliphatic heterocycles. The van der Waals surface area contributed by atoms with Crippen LogP contribution in [0, 0.1) is 0 Å². The van der Waals surface area contributed by atoms with Crippen LogP contribution in [0.25, 0.3) is 0 Å². The van der Waals surface area contributed by atoms with E-state index in [1.165, 1.54) is 24.3 Å². The van der Waals surface area contributed by atoms with E-state index in [1.807, 2.05) is 5.32 Å². The molecule has 148 valence electrons. The molecule has 0 aliphatic rings. The maximum Gasteiger partial charge on any atom is 0.455 e. The van der Waals surface area contributed by atoms with Gasteiger partial charge in [-0.2, -0.15) is 26.9 Å². The maximum absolute atomic E-state index is 13.0. The average Bonchev–Trinajstić information content (AvgIpc) is 2.54. The van der Waals surface area contributed by atoms with Crippen LogP contribution < -0.4 is 15.8 Å². The number of nitrogens with zero attached hydrogens (tertiary/aromatic N) is 2. The number of alkyl halides is 5. The summed E-state index contributed by atoms with van der Waals surface area (Å²) in [6.45, 7) is -1.71. The SMILES string of the molecule is NS(=O)(=O)c1ccc(Nc2ncc(Br)c(NCC(F)(F)C(F)(F)F)n2)cc1. The minimum absolute atomic E-state index is 0.0654. The van der Waals surface area contributed by atoms with Gasteiger partial charge in [-0.15, -0.1) is 0 Å². The Balaban J connectivity index is 2.15. The number of benzene rings is 1. The highest BCUT2D eigenvalue weighted by molar-refractivity contribution is 9.10. The lowest BCUT2D eigenvalue weighted by Gasteiger charge is -2.20. The molecule has 0 radical (unpaired) electrons. The summed E-state index contributed by atoms with van der Waals surface area (Å²) in [7, 11) is -3.88. The van der Waals surface area contributed by atoms with E-state index in [2.05, 4.69) is 31.2 Å². The molecule has 14 heteroatoms. The molecule has 1 aromatic heterocycles. The molecule has 0 saturated carbocycles. The fourth-order valence-electron chi connectivity index (χ4n) is 1.70. The molecule has 0 fully saturated rings. The summed E-state index contributed by atoms with van der Waals surface area (Å²) in [5.41, 5.74) is 0.330. The first kappa shape index (κ1) is 21.2. The van der Waals surface area contributed by atoms with Crippen LogP contribution in [-0.2, 0) is 10.0 Å². The number of aromatic nitrogens is 2. The molecule has 2 aromatic rings. The zero-order valence-corrected chi connectivity index (χ0v) is 15.5. The summed E-state index contributed by atoms with van der Waals surface area (Å²) >= 11 is 2.94. The molecule has 1 heterocycles. The standard InChI is InChI=1S/C13H11BrF5N5O2S/c14-9-5-21-11(23-7-1-3-8(4-2-7)27(20,25)26)24-10(9)22-6-12(15,16)13(17,18)19/h1-5H,6H2,(H2,20,25,26)(H2,21,22,23,24). The molecule has 0 amide bonds. The van der Waals surface area contributed by atoms with Gasteiger partial charge in [0.15, 0.2) is 0 Å². The van der Waals surface area contributed by atoms with Crippen molar-refractivity contribution in [3.8, 4) is 0 Å². The zero-order valence-electron chi connectivity index (χ0n) is 13.1. The predicted molar refractivity (Wildman–Crippen MR) is 90.3 cm³/mol.